The molecule has 2 N–H and O–H groups in total. The van der Waals surface area contributed by atoms with E-state index in [4.69, 9.17) is 5.84 Å². The average Bonchev–Trinajstić information content (AvgIpc) is 1.98. The third-order valence-electron chi connectivity index (χ3n) is 1.17. The molecule has 0 unspecified atom stereocenters. The number of urea groups is 1. The van der Waals surface area contributed by atoms with Crippen molar-refractivity contribution in [3.63, 3.8) is 0 Å². The number of hydrogen-bond acceptors (Lipinski definition) is 3. The topological polar surface area (TPSA) is 66.6 Å². The third kappa shape index (κ3) is 0.746. The molecule has 1 rings (SSSR count). The summed E-state index contributed by atoms with van der Waals surface area (Å²) in [6.07, 6.45) is 0. The number of rotatable bonds is 0. The highest BCUT2D eigenvalue weighted by Crippen LogP contribution is 2.00. The number of carbonyl (C=O) groups is 2. The molecule has 0 spiro atoms. The molecule has 50 valence electrons. The first-order chi connectivity index (χ1) is 4.13. The molecule has 1 fully saturated rings. The number of likely N-dealkylation sites (N-methyl/N-ethyl adjacent to an activating group) is 1. The zero-order chi connectivity index (χ0) is 7.02. The van der Waals surface area contributed by atoms with Gasteiger partial charge in [0.05, 0.1) is 0 Å². The summed E-state index contributed by atoms with van der Waals surface area (Å²) < 4.78 is 0. The van der Waals surface area contributed by atoms with Crippen molar-refractivity contribution in [2.75, 3.05) is 13.6 Å². The van der Waals surface area contributed by atoms with Crippen molar-refractivity contribution in [2.24, 2.45) is 5.84 Å². The summed E-state index contributed by atoms with van der Waals surface area (Å²) in [5.74, 6) is 4.65. The van der Waals surface area contributed by atoms with Gasteiger partial charge in [-0.2, -0.15) is 5.01 Å². The Labute approximate surface area is 52.0 Å². The maximum Gasteiger partial charge on any atom is 0.341 e. The van der Waals surface area contributed by atoms with Crippen molar-refractivity contribution >= 4 is 11.9 Å². The minimum absolute atomic E-state index is 0.0926. The molecule has 5 heteroatoms. The van der Waals surface area contributed by atoms with Crippen LogP contribution in [-0.2, 0) is 4.79 Å². The Balaban J connectivity index is 2.77. The van der Waals surface area contributed by atoms with E-state index in [0.717, 1.165) is 0 Å². The minimum atomic E-state index is -0.444. The standard InChI is InChI=1S/C4H7N3O2/c1-6-2-3(8)7(5)4(6)9/h2,5H2,1H3. The maximum atomic E-state index is 10.6. The number of hydrazine groups is 1. The van der Waals surface area contributed by atoms with Gasteiger partial charge in [-0.1, -0.05) is 0 Å². The van der Waals surface area contributed by atoms with Crippen LogP contribution in [0.15, 0.2) is 0 Å². The smallest absolute Gasteiger partial charge is 0.317 e. The van der Waals surface area contributed by atoms with Gasteiger partial charge in [0, 0.05) is 7.05 Å². The number of nitrogens with zero attached hydrogens (tertiary/aromatic N) is 2. The second kappa shape index (κ2) is 1.70. The van der Waals surface area contributed by atoms with E-state index in [1.54, 1.807) is 0 Å². The first-order valence-corrected chi connectivity index (χ1v) is 2.45. The summed E-state index contributed by atoms with van der Waals surface area (Å²) in [6.45, 7) is 0.0926. The second-order valence-corrected chi connectivity index (χ2v) is 1.90. The van der Waals surface area contributed by atoms with Gasteiger partial charge in [-0.15, -0.1) is 0 Å². The molecule has 0 aromatic rings. The van der Waals surface area contributed by atoms with Gasteiger partial charge in [-0.3, -0.25) is 4.79 Å². The number of amides is 3. The van der Waals surface area contributed by atoms with Gasteiger partial charge in [0.25, 0.3) is 5.91 Å². The lowest BCUT2D eigenvalue weighted by Crippen LogP contribution is -2.37. The first kappa shape index (κ1) is 6.03. The highest BCUT2D eigenvalue weighted by Gasteiger charge is 2.30. The van der Waals surface area contributed by atoms with E-state index >= 15 is 0 Å². The van der Waals surface area contributed by atoms with Crippen LogP contribution >= 0.6 is 0 Å². The van der Waals surface area contributed by atoms with E-state index in [1.807, 2.05) is 0 Å². The van der Waals surface area contributed by atoms with E-state index in [2.05, 4.69) is 0 Å². The van der Waals surface area contributed by atoms with E-state index in [1.165, 1.54) is 11.9 Å². The lowest BCUT2D eigenvalue weighted by molar-refractivity contribution is -0.125. The van der Waals surface area contributed by atoms with Crippen LogP contribution in [0.25, 0.3) is 0 Å². The first-order valence-electron chi connectivity index (χ1n) is 2.45. The Morgan fingerprint density at radius 1 is 1.56 bits per heavy atom. The van der Waals surface area contributed by atoms with Crippen LogP contribution in [0.1, 0.15) is 0 Å². The highest BCUT2D eigenvalue weighted by atomic mass is 16.2. The SMILES string of the molecule is CN1CC(=O)N(N)C1=O. The van der Waals surface area contributed by atoms with E-state index in [0.29, 0.717) is 5.01 Å². The molecule has 5 nitrogen and oxygen atoms in total. The fraction of sp³-hybridized carbons (Fsp3) is 0.500. The van der Waals surface area contributed by atoms with Crippen LogP contribution in [0.3, 0.4) is 0 Å². The number of carbonyl (C=O) groups excluding carboxylic acids is 2. The van der Waals surface area contributed by atoms with Gasteiger partial charge in [-0.25, -0.2) is 10.6 Å². The average molecular weight is 129 g/mol. The van der Waals surface area contributed by atoms with E-state index in [-0.39, 0.29) is 12.5 Å². The molecule has 0 aromatic carbocycles. The molecule has 1 aliphatic rings. The summed E-state index contributed by atoms with van der Waals surface area (Å²) in [6, 6.07) is -0.444. The Morgan fingerprint density at radius 3 is 2.22 bits per heavy atom. The molecule has 1 heterocycles. The second-order valence-electron chi connectivity index (χ2n) is 1.90. The molecule has 1 saturated heterocycles. The highest BCUT2D eigenvalue weighted by molar-refractivity contribution is 6.00. The molecular weight excluding hydrogens is 122 g/mol. The van der Waals surface area contributed by atoms with Gasteiger partial charge < -0.3 is 4.90 Å². The van der Waals surface area contributed by atoms with Crippen LogP contribution in [0, 0.1) is 0 Å². The van der Waals surface area contributed by atoms with Crippen LogP contribution in [-0.4, -0.2) is 35.4 Å². The molecule has 3 amide bonds. The quantitative estimate of drug-likeness (QED) is 0.252. The van der Waals surface area contributed by atoms with Gasteiger partial charge in [0.15, 0.2) is 0 Å². The van der Waals surface area contributed by atoms with Crippen LogP contribution in [0.5, 0.6) is 0 Å². The Kier molecular flexibility index (Phi) is 1.14. The van der Waals surface area contributed by atoms with Crippen molar-refractivity contribution < 1.29 is 9.59 Å². The monoisotopic (exact) mass is 129 g/mol. The van der Waals surface area contributed by atoms with Crippen molar-refractivity contribution in [1.29, 1.82) is 0 Å². The van der Waals surface area contributed by atoms with E-state index < -0.39 is 6.03 Å². The van der Waals surface area contributed by atoms with E-state index in [9.17, 15) is 9.59 Å². The van der Waals surface area contributed by atoms with Crippen molar-refractivity contribution in [1.82, 2.24) is 9.91 Å². The van der Waals surface area contributed by atoms with Gasteiger partial charge in [0.2, 0.25) is 0 Å². The predicted molar refractivity (Wildman–Crippen MR) is 29.1 cm³/mol. The summed E-state index contributed by atoms with van der Waals surface area (Å²) >= 11 is 0. The number of hydrogen-bond donors (Lipinski definition) is 1. The minimum Gasteiger partial charge on any atom is -0.317 e. The Morgan fingerprint density at radius 2 is 2.11 bits per heavy atom. The fourth-order valence-corrected chi connectivity index (χ4v) is 0.637. The molecule has 0 atom stereocenters. The fourth-order valence-electron chi connectivity index (χ4n) is 0.637. The van der Waals surface area contributed by atoms with Gasteiger partial charge in [-0.05, 0) is 0 Å². The molecule has 0 bridgehead atoms. The molecule has 0 radical (unpaired) electrons. The number of imide groups is 1. The van der Waals surface area contributed by atoms with Crippen molar-refractivity contribution in [3.8, 4) is 0 Å². The normalized spacial score (nSPS) is 19.8. The lowest BCUT2D eigenvalue weighted by Gasteiger charge is -2.05. The van der Waals surface area contributed by atoms with Crippen LogP contribution in [0.2, 0.25) is 0 Å². The molecule has 0 saturated carbocycles. The summed E-state index contributed by atoms with van der Waals surface area (Å²) in [5.41, 5.74) is 0. The molecular formula is C4H7N3O2. The molecule has 1 aliphatic heterocycles. The Bertz CT molecular complexity index is 167. The van der Waals surface area contributed by atoms with Crippen molar-refractivity contribution in [3.05, 3.63) is 0 Å². The zero-order valence-corrected chi connectivity index (χ0v) is 5.00. The Hall–Kier alpha value is -1.10. The zero-order valence-electron chi connectivity index (χ0n) is 5.00. The molecule has 9 heavy (non-hydrogen) atoms. The summed E-state index contributed by atoms with van der Waals surface area (Å²) in [4.78, 5) is 22.4. The van der Waals surface area contributed by atoms with Gasteiger partial charge in [0.1, 0.15) is 6.54 Å². The summed E-state index contributed by atoms with van der Waals surface area (Å²) in [5, 5.41) is 0.611. The third-order valence-corrected chi connectivity index (χ3v) is 1.17. The molecule has 0 aliphatic carbocycles. The molecule has 0 aromatic heterocycles. The summed E-state index contributed by atoms with van der Waals surface area (Å²) in [7, 11) is 1.52. The number of nitrogens with two attached hydrogens (primary N) is 1. The maximum absolute atomic E-state index is 10.6. The predicted octanol–water partition coefficient (Wildman–Crippen LogP) is -1.25. The lowest BCUT2D eigenvalue weighted by atomic mass is 10.6. The van der Waals surface area contributed by atoms with Crippen LogP contribution < -0.4 is 5.84 Å². The largest absolute Gasteiger partial charge is 0.341 e. The van der Waals surface area contributed by atoms with Gasteiger partial charge >= 0.3 is 6.03 Å². The van der Waals surface area contributed by atoms with Crippen LogP contribution in [0.4, 0.5) is 4.79 Å². The van der Waals surface area contributed by atoms with Crippen molar-refractivity contribution in [2.45, 2.75) is 0 Å².